The van der Waals surface area contributed by atoms with Gasteiger partial charge in [0, 0.05) is 12.5 Å². The van der Waals surface area contributed by atoms with Crippen molar-refractivity contribution < 1.29 is 4.74 Å². The second kappa shape index (κ2) is 5.17. The van der Waals surface area contributed by atoms with E-state index in [0.29, 0.717) is 11.8 Å². The van der Waals surface area contributed by atoms with Crippen LogP contribution < -0.4 is 0 Å². The Morgan fingerprint density at radius 2 is 1.71 bits per heavy atom. The van der Waals surface area contributed by atoms with Crippen LogP contribution in [0.5, 0.6) is 0 Å². The molecule has 4 fully saturated rings. The van der Waals surface area contributed by atoms with Gasteiger partial charge in [0.25, 0.3) is 0 Å². The second-order valence-corrected chi connectivity index (χ2v) is 8.38. The van der Waals surface area contributed by atoms with E-state index in [-0.39, 0.29) is 5.41 Å². The van der Waals surface area contributed by atoms with Crippen molar-refractivity contribution in [3.8, 4) is 0 Å². The Morgan fingerprint density at radius 1 is 1.14 bits per heavy atom. The average molecular weight is 372 g/mol. The standard InChI is InChI=1S/C16H20BrClN2O/c1-21-8-12-13(17)14(18)20-15(19-12)16-5-9-2-10(6-16)4-11(3-9)7-16/h9-11H,2-8H2,1H3. The van der Waals surface area contributed by atoms with Crippen LogP contribution in [0.25, 0.3) is 0 Å². The lowest BCUT2D eigenvalue weighted by Gasteiger charge is -2.56. The Labute approximate surface area is 139 Å². The first-order valence-corrected chi connectivity index (χ1v) is 8.98. The molecule has 1 aromatic heterocycles. The first-order chi connectivity index (χ1) is 10.1. The summed E-state index contributed by atoms with van der Waals surface area (Å²) in [6, 6.07) is 0. The van der Waals surface area contributed by atoms with Gasteiger partial charge in [0.15, 0.2) is 0 Å². The molecule has 21 heavy (non-hydrogen) atoms. The summed E-state index contributed by atoms with van der Waals surface area (Å²) in [6.45, 7) is 0.474. The summed E-state index contributed by atoms with van der Waals surface area (Å²) < 4.78 is 6.04. The fraction of sp³-hybridized carbons (Fsp3) is 0.750. The number of nitrogens with zero attached hydrogens (tertiary/aromatic N) is 2. The third kappa shape index (κ3) is 2.34. The topological polar surface area (TPSA) is 35.0 Å². The minimum absolute atomic E-state index is 0.182. The summed E-state index contributed by atoms with van der Waals surface area (Å²) in [4.78, 5) is 9.50. The molecule has 4 aliphatic rings. The molecule has 0 aromatic carbocycles. The third-order valence-electron chi connectivity index (χ3n) is 5.67. The Balaban J connectivity index is 1.76. The van der Waals surface area contributed by atoms with Crippen LogP contribution in [-0.4, -0.2) is 17.1 Å². The summed E-state index contributed by atoms with van der Waals surface area (Å²) in [5.74, 6) is 3.62. The maximum absolute atomic E-state index is 6.34. The van der Waals surface area contributed by atoms with Crippen molar-refractivity contribution in [1.82, 2.24) is 9.97 Å². The smallest absolute Gasteiger partial charge is 0.147 e. The van der Waals surface area contributed by atoms with E-state index in [9.17, 15) is 0 Å². The van der Waals surface area contributed by atoms with Gasteiger partial charge in [-0.3, -0.25) is 0 Å². The van der Waals surface area contributed by atoms with Gasteiger partial charge in [-0.25, -0.2) is 9.97 Å². The first-order valence-electron chi connectivity index (χ1n) is 7.81. The van der Waals surface area contributed by atoms with Gasteiger partial charge in [0.1, 0.15) is 11.0 Å². The molecule has 0 aliphatic heterocycles. The van der Waals surface area contributed by atoms with Crippen LogP contribution in [0.3, 0.4) is 0 Å². The highest BCUT2D eigenvalue weighted by Crippen LogP contribution is 2.60. The summed E-state index contributed by atoms with van der Waals surface area (Å²) in [7, 11) is 1.69. The molecule has 1 heterocycles. The van der Waals surface area contributed by atoms with Crippen molar-refractivity contribution in [3.05, 3.63) is 21.1 Å². The van der Waals surface area contributed by atoms with Gasteiger partial charge in [-0.05, 0) is 72.2 Å². The molecule has 4 saturated carbocycles. The lowest BCUT2D eigenvalue weighted by atomic mass is 9.49. The van der Waals surface area contributed by atoms with Crippen LogP contribution >= 0.6 is 27.5 Å². The molecule has 0 radical (unpaired) electrons. The van der Waals surface area contributed by atoms with Crippen LogP contribution in [-0.2, 0) is 16.8 Å². The number of rotatable bonds is 3. The van der Waals surface area contributed by atoms with Crippen molar-refractivity contribution >= 4 is 27.5 Å². The Hall–Kier alpha value is -0.190. The molecular weight excluding hydrogens is 352 g/mol. The van der Waals surface area contributed by atoms with Gasteiger partial charge in [-0.15, -0.1) is 0 Å². The lowest BCUT2D eigenvalue weighted by Crippen LogP contribution is -2.49. The van der Waals surface area contributed by atoms with Crippen molar-refractivity contribution in [3.63, 3.8) is 0 Å². The molecular formula is C16H20BrClN2O. The van der Waals surface area contributed by atoms with Gasteiger partial charge in [0.05, 0.1) is 16.8 Å². The fourth-order valence-electron chi connectivity index (χ4n) is 5.32. The number of hydrogen-bond donors (Lipinski definition) is 0. The number of ether oxygens (including phenoxy) is 1. The Bertz CT molecular complexity index is 542. The second-order valence-electron chi connectivity index (χ2n) is 7.23. The van der Waals surface area contributed by atoms with E-state index in [4.69, 9.17) is 21.3 Å². The minimum Gasteiger partial charge on any atom is -0.378 e. The van der Waals surface area contributed by atoms with Gasteiger partial charge in [-0.2, -0.15) is 0 Å². The van der Waals surface area contributed by atoms with Crippen molar-refractivity contribution in [2.45, 2.75) is 50.5 Å². The highest BCUT2D eigenvalue weighted by Gasteiger charge is 2.53. The van der Waals surface area contributed by atoms with E-state index in [1.807, 2.05) is 0 Å². The van der Waals surface area contributed by atoms with Gasteiger partial charge < -0.3 is 4.74 Å². The molecule has 0 N–H and O–H groups in total. The summed E-state index contributed by atoms with van der Waals surface area (Å²) in [5.41, 5.74) is 1.06. The van der Waals surface area contributed by atoms with Crippen molar-refractivity contribution in [1.29, 1.82) is 0 Å². The van der Waals surface area contributed by atoms with E-state index >= 15 is 0 Å². The molecule has 1 aromatic rings. The van der Waals surface area contributed by atoms with Crippen LogP contribution in [0.4, 0.5) is 0 Å². The first kappa shape index (κ1) is 14.4. The highest BCUT2D eigenvalue weighted by atomic mass is 79.9. The largest absolute Gasteiger partial charge is 0.378 e. The summed E-state index contributed by atoms with van der Waals surface area (Å²) >= 11 is 9.83. The zero-order valence-electron chi connectivity index (χ0n) is 12.2. The Kier molecular flexibility index (Phi) is 3.55. The lowest BCUT2D eigenvalue weighted by molar-refractivity contribution is -0.00965. The van der Waals surface area contributed by atoms with E-state index in [1.54, 1.807) is 7.11 Å². The summed E-state index contributed by atoms with van der Waals surface area (Å²) in [6.07, 6.45) is 8.04. The molecule has 114 valence electrons. The fourth-order valence-corrected chi connectivity index (χ4v) is 5.80. The molecule has 5 heteroatoms. The molecule has 0 unspecified atom stereocenters. The number of aromatic nitrogens is 2. The average Bonchev–Trinajstić information content (AvgIpc) is 2.42. The quantitative estimate of drug-likeness (QED) is 0.733. The maximum Gasteiger partial charge on any atom is 0.147 e. The molecule has 4 aliphatic carbocycles. The molecule has 4 bridgehead atoms. The highest BCUT2D eigenvalue weighted by molar-refractivity contribution is 9.10. The number of methoxy groups -OCH3 is 1. The summed E-state index contributed by atoms with van der Waals surface area (Å²) in [5, 5.41) is 0.530. The minimum atomic E-state index is 0.182. The molecule has 0 spiro atoms. The van der Waals surface area contributed by atoms with Crippen LogP contribution in [0.2, 0.25) is 5.15 Å². The van der Waals surface area contributed by atoms with Crippen LogP contribution in [0, 0.1) is 17.8 Å². The van der Waals surface area contributed by atoms with Gasteiger partial charge in [-0.1, -0.05) is 11.6 Å². The third-order valence-corrected chi connectivity index (χ3v) is 7.01. The van der Waals surface area contributed by atoms with E-state index in [0.717, 1.165) is 33.7 Å². The zero-order chi connectivity index (χ0) is 14.6. The van der Waals surface area contributed by atoms with Gasteiger partial charge >= 0.3 is 0 Å². The molecule has 0 atom stereocenters. The normalized spacial score (nSPS) is 37.2. The van der Waals surface area contributed by atoms with E-state index < -0.39 is 0 Å². The Morgan fingerprint density at radius 3 is 2.24 bits per heavy atom. The SMILES string of the molecule is COCc1nc(C23CC4CC(CC(C4)C2)C3)nc(Cl)c1Br. The van der Waals surface area contributed by atoms with Crippen LogP contribution in [0.1, 0.15) is 50.0 Å². The molecule has 0 saturated heterocycles. The number of halogens is 2. The number of hydrogen-bond acceptors (Lipinski definition) is 3. The molecule has 5 rings (SSSR count). The van der Waals surface area contributed by atoms with Crippen LogP contribution in [0.15, 0.2) is 4.47 Å². The molecule has 0 amide bonds. The van der Waals surface area contributed by atoms with Crippen molar-refractivity contribution in [2.75, 3.05) is 7.11 Å². The maximum atomic E-state index is 6.34. The predicted octanol–water partition coefficient (Wildman–Crippen LogP) is 4.51. The van der Waals surface area contributed by atoms with E-state index in [1.165, 1.54) is 38.5 Å². The van der Waals surface area contributed by atoms with E-state index in [2.05, 4.69) is 20.9 Å². The zero-order valence-corrected chi connectivity index (χ0v) is 14.6. The van der Waals surface area contributed by atoms with Crippen molar-refractivity contribution in [2.24, 2.45) is 17.8 Å². The molecule has 3 nitrogen and oxygen atoms in total. The monoisotopic (exact) mass is 370 g/mol. The van der Waals surface area contributed by atoms with Gasteiger partial charge in [0.2, 0.25) is 0 Å². The predicted molar refractivity (Wildman–Crippen MR) is 85.3 cm³/mol.